The van der Waals surface area contributed by atoms with E-state index in [1.807, 2.05) is 19.2 Å². The van der Waals surface area contributed by atoms with E-state index in [1.54, 1.807) is 0 Å². The summed E-state index contributed by atoms with van der Waals surface area (Å²) in [5.41, 5.74) is 4.84. The lowest BCUT2D eigenvalue weighted by molar-refractivity contribution is 0.169. The van der Waals surface area contributed by atoms with Gasteiger partial charge in [-0.25, -0.2) is 0 Å². The summed E-state index contributed by atoms with van der Waals surface area (Å²) in [5, 5.41) is 9.82. The average molecular weight is 282 g/mol. The highest BCUT2D eigenvalue weighted by Gasteiger charge is 2.15. The molecule has 2 heterocycles. The first-order valence-electron chi connectivity index (χ1n) is 7.73. The molecule has 0 saturated heterocycles. The number of rotatable bonds is 3. The molecule has 0 aliphatic carbocycles. The monoisotopic (exact) mass is 282 g/mol. The number of aromatic nitrogens is 1. The van der Waals surface area contributed by atoms with Gasteiger partial charge in [0, 0.05) is 13.1 Å². The van der Waals surface area contributed by atoms with Gasteiger partial charge in [-0.3, -0.25) is 4.98 Å². The normalized spacial score (nSPS) is 16.2. The number of benzene rings is 1. The van der Waals surface area contributed by atoms with Gasteiger partial charge in [0.25, 0.3) is 0 Å². The fourth-order valence-corrected chi connectivity index (χ4v) is 2.92. The number of pyridine rings is 1. The average Bonchev–Trinajstić information content (AvgIpc) is 2.77. The molecule has 0 saturated carbocycles. The van der Waals surface area contributed by atoms with E-state index in [4.69, 9.17) is 0 Å². The third-order valence-corrected chi connectivity index (χ3v) is 4.28. The first-order chi connectivity index (χ1) is 10.3. The van der Waals surface area contributed by atoms with Crippen molar-refractivity contribution in [2.24, 2.45) is 0 Å². The number of fused-ring (bicyclic) bond motifs is 1. The number of aliphatic hydroxyl groups excluding tert-OH is 1. The van der Waals surface area contributed by atoms with Crippen molar-refractivity contribution in [2.45, 2.75) is 32.3 Å². The SMILES string of the molecule is CC[C@H](O)c1ccc(N2CCc3ccccc3CC2)cn1. The molecule has 21 heavy (non-hydrogen) atoms. The molecule has 0 fully saturated rings. The lowest BCUT2D eigenvalue weighted by atomic mass is 10.0. The molecule has 0 bridgehead atoms. The molecule has 1 aromatic heterocycles. The molecule has 3 heteroatoms. The smallest absolute Gasteiger partial charge is 0.0957 e. The number of hydrogen-bond acceptors (Lipinski definition) is 3. The van der Waals surface area contributed by atoms with Crippen molar-refractivity contribution in [1.82, 2.24) is 4.98 Å². The van der Waals surface area contributed by atoms with Gasteiger partial charge in [0.2, 0.25) is 0 Å². The number of hydrogen-bond donors (Lipinski definition) is 1. The van der Waals surface area contributed by atoms with Crippen LogP contribution in [0.2, 0.25) is 0 Å². The number of nitrogens with zero attached hydrogens (tertiary/aromatic N) is 2. The summed E-state index contributed by atoms with van der Waals surface area (Å²) in [6, 6.07) is 12.7. The van der Waals surface area contributed by atoms with Crippen LogP contribution in [0.5, 0.6) is 0 Å². The second-order valence-electron chi connectivity index (χ2n) is 5.62. The first kappa shape index (κ1) is 14.1. The van der Waals surface area contributed by atoms with Crippen molar-refractivity contribution in [3.05, 3.63) is 59.4 Å². The van der Waals surface area contributed by atoms with Crippen molar-refractivity contribution < 1.29 is 5.11 Å². The Labute approximate surface area is 126 Å². The Morgan fingerprint density at radius 1 is 1.10 bits per heavy atom. The molecule has 110 valence electrons. The van der Waals surface area contributed by atoms with Crippen LogP contribution in [0.25, 0.3) is 0 Å². The van der Waals surface area contributed by atoms with E-state index in [9.17, 15) is 5.11 Å². The van der Waals surface area contributed by atoms with Crippen molar-refractivity contribution >= 4 is 5.69 Å². The molecule has 1 aliphatic rings. The van der Waals surface area contributed by atoms with Gasteiger partial charge in [0.05, 0.1) is 23.7 Å². The van der Waals surface area contributed by atoms with Gasteiger partial charge in [-0.2, -0.15) is 0 Å². The van der Waals surface area contributed by atoms with Crippen LogP contribution in [0.1, 0.15) is 36.3 Å². The van der Waals surface area contributed by atoms with Gasteiger partial charge in [-0.05, 0) is 42.5 Å². The Bertz CT molecular complexity index is 567. The van der Waals surface area contributed by atoms with Crippen LogP contribution in [-0.4, -0.2) is 23.2 Å². The molecule has 2 aromatic rings. The molecule has 0 unspecified atom stereocenters. The van der Waals surface area contributed by atoms with Crippen LogP contribution < -0.4 is 4.90 Å². The van der Waals surface area contributed by atoms with Crippen LogP contribution in [0.15, 0.2) is 42.6 Å². The van der Waals surface area contributed by atoms with Crippen LogP contribution in [0, 0.1) is 0 Å². The molecule has 1 N–H and O–H groups in total. The molecular formula is C18H22N2O. The van der Waals surface area contributed by atoms with Gasteiger partial charge < -0.3 is 10.0 Å². The highest BCUT2D eigenvalue weighted by Crippen LogP contribution is 2.22. The summed E-state index contributed by atoms with van der Waals surface area (Å²) in [6.07, 6.45) is 4.30. The van der Waals surface area contributed by atoms with Crippen molar-refractivity contribution in [1.29, 1.82) is 0 Å². The highest BCUT2D eigenvalue weighted by molar-refractivity contribution is 5.46. The maximum atomic E-state index is 9.82. The van der Waals surface area contributed by atoms with Crippen molar-refractivity contribution in [3.63, 3.8) is 0 Å². The zero-order valence-electron chi connectivity index (χ0n) is 12.5. The lowest BCUT2D eigenvalue weighted by Gasteiger charge is -2.22. The van der Waals surface area contributed by atoms with Crippen LogP contribution in [0.4, 0.5) is 5.69 Å². The molecule has 1 aliphatic heterocycles. The standard InChI is InChI=1S/C18H22N2O/c1-2-18(21)17-8-7-16(13-19-17)20-11-9-14-5-3-4-6-15(14)10-12-20/h3-8,13,18,21H,2,9-12H2,1H3/t18-/m0/s1. The minimum absolute atomic E-state index is 0.451. The third-order valence-electron chi connectivity index (χ3n) is 4.28. The molecule has 3 rings (SSSR count). The highest BCUT2D eigenvalue weighted by atomic mass is 16.3. The molecule has 0 spiro atoms. The van der Waals surface area contributed by atoms with Crippen LogP contribution in [-0.2, 0) is 12.8 Å². The Hall–Kier alpha value is -1.87. The Kier molecular flexibility index (Phi) is 4.20. The maximum Gasteiger partial charge on any atom is 0.0957 e. The largest absolute Gasteiger partial charge is 0.387 e. The van der Waals surface area contributed by atoms with E-state index in [1.165, 1.54) is 11.1 Å². The second-order valence-corrected chi connectivity index (χ2v) is 5.62. The summed E-state index contributed by atoms with van der Waals surface area (Å²) < 4.78 is 0. The van der Waals surface area contributed by atoms with Gasteiger partial charge in [-0.1, -0.05) is 31.2 Å². The Balaban J connectivity index is 1.74. The summed E-state index contributed by atoms with van der Waals surface area (Å²) in [5.74, 6) is 0. The number of anilines is 1. The molecule has 0 amide bonds. The van der Waals surface area contributed by atoms with E-state index in [0.717, 1.165) is 37.3 Å². The van der Waals surface area contributed by atoms with E-state index < -0.39 is 6.10 Å². The second kappa shape index (κ2) is 6.27. The lowest BCUT2D eigenvalue weighted by Crippen LogP contribution is -2.26. The first-order valence-corrected chi connectivity index (χ1v) is 7.73. The topological polar surface area (TPSA) is 36.4 Å². The van der Waals surface area contributed by atoms with Gasteiger partial charge in [-0.15, -0.1) is 0 Å². The predicted octanol–water partition coefficient (Wildman–Crippen LogP) is 3.13. The Morgan fingerprint density at radius 3 is 2.29 bits per heavy atom. The van der Waals surface area contributed by atoms with E-state index >= 15 is 0 Å². The quantitative estimate of drug-likeness (QED) is 0.939. The minimum Gasteiger partial charge on any atom is -0.387 e. The summed E-state index contributed by atoms with van der Waals surface area (Å²) in [7, 11) is 0. The number of aliphatic hydroxyl groups is 1. The van der Waals surface area contributed by atoms with Gasteiger partial charge in [0.1, 0.15) is 0 Å². The zero-order chi connectivity index (χ0) is 14.7. The third kappa shape index (κ3) is 3.08. The van der Waals surface area contributed by atoms with Crippen LogP contribution >= 0.6 is 0 Å². The summed E-state index contributed by atoms with van der Waals surface area (Å²) >= 11 is 0. The minimum atomic E-state index is -0.451. The maximum absolute atomic E-state index is 9.82. The van der Waals surface area contributed by atoms with E-state index in [2.05, 4.69) is 40.2 Å². The molecule has 1 aromatic carbocycles. The van der Waals surface area contributed by atoms with Crippen molar-refractivity contribution in [3.8, 4) is 0 Å². The zero-order valence-corrected chi connectivity index (χ0v) is 12.5. The van der Waals surface area contributed by atoms with Crippen molar-refractivity contribution in [2.75, 3.05) is 18.0 Å². The molecule has 0 radical (unpaired) electrons. The fourth-order valence-electron chi connectivity index (χ4n) is 2.92. The summed E-state index contributed by atoms with van der Waals surface area (Å²) in [4.78, 5) is 6.80. The fraction of sp³-hybridized carbons (Fsp3) is 0.389. The van der Waals surface area contributed by atoms with E-state index in [0.29, 0.717) is 6.42 Å². The molecule has 1 atom stereocenters. The molecule has 3 nitrogen and oxygen atoms in total. The van der Waals surface area contributed by atoms with Crippen LogP contribution in [0.3, 0.4) is 0 Å². The van der Waals surface area contributed by atoms with Gasteiger partial charge in [0.15, 0.2) is 0 Å². The molecular weight excluding hydrogens is 260 g/mol. The van der Waals surface area contributed by atoms with E-state index in [-0.39, 0.29) is 0 Å². The van der Waals surface area contributed by atoms with Gasteiger partial charge >= 0.3 is 0 Å². The summed E-state index contributed by atoms with van der Waals surface area (Å²) in [6.45, 7) is 4.01. The predicted molar refractivity (Wildman–Crippen MR) is 85.6 cm³/mol. The Morgan fingerprint density at radius 2 is 1.76 bits per heavy atom.